The molecule has 0 unspecified atom stereocenters. The first-order valence-electron chi connectivity index (χ1n) is 8.48. The van der Waals surface area contributed by atoms with Gasteiger partial charge in [-0.15, -0.1) is 0 Å². The van der Waals surface area contributed by atoms with Gasteiger partial charge in [-0.25, -0.2) is 4.79 Å². The molecule has 1 saturated heterocycles. The van der Waals surface area contributed by atoms with E-state index >= 15 is 0 Å². The standard InChI is InChI=1S/C18H24N4O2/c1-3-15-7-5-6-8-17(15)24-16-12-21(13-16)18(23)19-9-14-10-20-22(4-2)11-14/h5-8,10-11,16H,3-4,9,12-13H2,1-2H3,(H,19,23). The van der Waals surface area contributed by atoms with E-state index in [1.54, 1.807) is 11.1 Å². The lowest BCUT2D eigenvalue weighted by atomic mass is 10.1. The molecular weight excluding hydrogens is 304 g/mol. The number of carbonyl (C=O) groups excluding carboxylic acids is 1. The maximum absolute atomic E-state index is 12.1. The van der Waals surface area contributed by atoms with E-state index in [0.717, 1.165) is 24.3 Å². The molecule has 0 atom stereocenters. The van der Waals surface area contributed by atoms with Crippen LogP contribution < -0.4 is 10.1 Å². The zero-order chi connectivity index (χ0) is 16.9. The molecule has 0 bridgehead atoms. The summed E-state index contributed by atoms with van der Waals surface area (Å²) >= 11 is 0. The number of nitrogens with one attached hydrogen (secondary N) is 1. The Balaban J connectivity index is 1.43. The molecule has 0 radical (unpaired) electrons. The maximum atomic E-state index is 12.1. The lowest BCUT2D eigenvalue weighted by Crippen LogP contribution is -2.58. The number of likely N-dealkylation sites (tertiary alicyclic amines) is 1. The molecule has 1 aliphatic heterocycles. The summed E-state index contributed by atoms with van der Waals surface area (Å²) in [5.74, 6) is 0.928. The second kappa shape index (κ2) is 7.38. The molecule has 1 aromatic carbocycles. The molecule has 0 saturated carbocycles. The normalized spacial score (nSPS) is 14.3. The number of ether oxygens (including phenoxy) is 1. The molecule has 3 rings (SSSR count). The summed E-state index contributed by atoms with van der Waals surface area (Å²) in [5, 5.41) is 7.12. The second-order valence-electron chi connectivity index (χ2n) is 5.97. The number of amides is 2. The molecule has 6 heteroatoms. The summed E-state index contributed by atoms with van der Waals surface area (Å²) in [6.07, 6.45) is 4.75. The molecule has 2 aromatic rings. The lowest BCUT2D eigenvalue weighted by molar-refractivity contribution is 0.0437. The number of hydrogen-bond donors (Lipinski definition) is 1. The van der Waals surface area contributed by atoms with E-state index in [0.29, 0.717) is 19.6 Å². The van der Waals surface area contributed by atoms with Crippen LogP contribution >= 0.6 is 0 Å². The van der Waals surface area contributed by atoms with E-state index in [2.05, 4.69) is 23.4 Å². The molecule has 1 N–H and O–H groups in total. The predicted molar refractivity (Wildman–Crippen MR) is 91.9 cm³/mol. The number of urea groups is 1. The van der Waals surface area contributed by atoms with Gasteiger partial charge in [0.1, 0.15) is 11.9 Å². The van der Waals surface area contributed by atoms with Gasteiger partial charge in [0.2, 0.25) is 0 Å². The summed E-state index contributed by atoms with van der Waals surface area (Å²) in [4.78, 5) is 13.9. The topological polar surface area (TPSA) is 59.4 Å². The van der Waals surface area contributed by atoms with Crippen LogP contribution in [0.4, 0.5) is 4.79 Å². The summed E-state index contributed by atoms with van der Waals surface area (Å²) in [7, 11) is 0. The summed E-state index contributed by atoms with van der Waals surface area (Å²) in [5.41, 5.74) is 2.21. The Labute approximate surface area is 142 Å². The molecular formula is C18H24N4O2. The molecule has 2 amide bonds. The van der Waals surface area contributed by atoms with E-state index in [1.165, 1.54) is 5.56 Å². The second-order valence-corrected chi connectivity index (χ2v) is 5.97. The van der Waals surface area contributed by atoms with Crippen LogP contribution in [0, 0.1) is 0 Å². The van der Waals surface area contributed by atoms with E-state index in [1.807, 2.05) is 36.0 Å². The summed E-state index contributed by atoms with van der Waals surface area (Å²) in [6.45, 7) is 6.73. The quantitative estimate of drug-likeness (QED) is 0.886. The zero-order valence-electron chi connectivity index (χ0n) is 14.2. The Morgan fingerprint density at radius 2 is 2.12 bits per heavy atom. The average Bonchev–Trinajstić information content (AvgIpc) is 3.04. The maximum Gasteiger partial charge on any atom is 0.317 e. The van der Waals surface area contributed by atoms with Gasteiger partial charge in [-0.1, -0.05) is 25.1 Å². The van der Waals surface area contributed by atoms with Crippen LogP contribution in [0.25, 0.3) is 0 Å². The van der Waals surface area contributed by atoms with Crippen LogP contribution in [0.15, 0.2) is 36.7 Å². The van der Waals surface area contributed by atoms with Crippen molar-refractivity contribution in [2.45, 2.75) is 39.5 Å². The number of rotatable bonds is 6. The van der Waals surface area contributed by atoms with Gasteiger partial charge in [0.15, 0.2) is 0 Å². The van der Waals surface area contributed by atoms with Gasteiger partial charge in [0.05, 0.1) is 19.3 Å². The van der Waals surface area contributed by atoms with Crippen molar-refractivity contribution in [3.63, 3.8) is 0 Å². The van der Waals surface area contributed by atoms with E-state index in [4.69, 9.17) is 4.74 Å². The summed E-state index contributed by atoms with van der Waals surface area (Å²) in [6, 6.07) is 8.02. The number of aromatic nitrogens is 2. The Kier molecular flexibility index (Phi) is 5.03. The third-order valence-electron chi connectivity index (χ3n) is 4.24. The summed E-state index contributed by atoms with van der Waals surface area (Å²) < 4.78 is 7.85. The largest absolute Gasteiger partial charge is 0.486 e. The van der Waals surface area contributed by atoms with Crippen LogP contribution in [-0.2, 0) is 19.5 Å². The molecule has 0 spiro atoms. The van der Waals surface area contributed by atoms with Crippen LogP contribution in [0.5, 0.6) is 5.75 Å². The Hall–Kier alpha value is -2.50. The van der Waals surface area contributed by atoms with E-state index in [-0.39, 0.29) is 12.1 Å². The van der Waals surface area contributed by atoms with Gasteiger partial charge in [-0.2, -0.15) is 5.10 Å². The SMILES string of the molecule is CCc1ccccc1OC1CN(C(=O)NCc2cnn(CC)c2)C1. The number of carbonyl (C=O) groups is 1. The molecule has 0 aliphatic carbocycles. The number of hydrogen-bond acceptors (Lipinski definition) is 3. The van der Waals surface area contributed by atoms with Crippen molar-refractivity contribution in [1.82, 2.24) is 20.0 Å². The van der Waals surface area contributed by atoms with Crippen molar-refractivity contribution in [2.24, 2.45) is 0 Å². The van der Waals surface area contributed by atoms with Crippen LogP contribution in [-0.4, -0.2) is 39.9 Å². The predicted octanol–water partition coefficient (Wildman–Crippen LogP) is 2.44. The lowest BCUT2D eigenvalue weighted by Gasteiger charge is -2.39. The minimum Gasteiger partial charge on any atom is -0.486 e. The van der Waals surface area contributed by atoms with Crippen molar-refractivity contribution in [3.05, 3.63) is 47.8 Å². The highest BCUT2D eigenvalue weighted by atomic mass is 16.5. The molecule has 2 heterocycles. The third kappa shape index (κ3) is 3.69. The highest BCUT2D eigenvalue weighted by molar-refractivity contribution is 5.75. The number of aryl methyl sites for hydroxylation is 2. The van der Waals surface area contributed by atoms with Crippen molar-refractivity contribution in [3.8, 4) is 5.75 Å². The number of benzene rings is 1. The smallest absolute Gasteiger partial charge is 0.317 e. The van der Waals surface area contributed by atoms with E-state index < -0.39 is 0 Å². The highest BCUT2D eigenvalue weighted by Crippen LogP contribution is 2.23. The first kappa shape index (κ1) is 16.4. The van der Waals surface area contributed by atoms with Gasteiger partial charge < -0.3 is 15.0 Å². The van der Waals surface area contributed by atoms with E-state index in [9.17, 15) is 4.79 Å². The fourth-order valence-corrected chi connectivity index (χ4v) is 2.73. The van der Waals surface area contributed by atoms with Crippen molar-refractivity contribution in [2.75, 3.05) is 13.1 Å². The van der Waals surface area contributed by atoms with Gasteiger partial charge in [-0.3, -0.25) is 4.68 Å². The molecule has 24 heavy (non-hydrogen) atoms. The molecule has 1 aliphatic rings. The molecule has 6 nitrogen and oxygen atoms in total. The van der Waals surface area contributed by atoms with Crippen molar-refractivity contribution >= 4 is 6.03 Å². The Morgan fingerprint density at radius 1 is 1.33 bits per heavy atom. The van der Waals surface area contributed by atoms with Crippen molar-refractivity contribution < 1.29 is 9.53 Å². The van der Waals surface area contributed by atoms with Crippen LogP contribution in [0.1, 0.15) is 25.0 Å². The molecule has 1 aromatic heterocycles. The van der Waals surface area contributed by atoms with Crippen LogP contribution in [0.3, 0.4) is 0 Å². The van der Waals surface area contributed by atoms with Gasteiger partial charge >= 0.3 is 6.03 Å². The fourth-order valence-electron chi connectivity index (χ4n) is 2.73. The first-order valence-corrected chi connectivity index (χ1v) is 8.48. The average molecular weight is 328 g/mol. The fraction of sp³-hybridized carbons (Fsp3) is 0.444. The molecule has 1 fully saturated rings. The third-order valence-corrected chi connectivity index (χ3v) is 4.24. The number of para-hydroxylation sites is 1. The Morgan fingerprint density at radius 3 is 2.83 bits per heavy atom. The van der Waals surface area contributed by atoms with Crippen molar-refractivity contribution in [1.29, 1.82) is 0 Å². The van der Waals surface area contributed by atoms with Gasteiger partial charge in [0.25, 0.3) is 0 Å². The monoisotopic (exact) mass is 328 g/mol. The zero-order valence-corrected chi connectivity index (χ0v) is 14.2. The number of nitrogens with zero attached hydrogens (tertiary/aromatic N) is 3. The Bertz CT molecular complexity index is 692. The highest BCUT2D eigenvalue weighted by Gasteiger charge is 2.32. The van der Waals surface area contributed by atoms with Gasteiger partial charge in [-0.05, 0) is 25.0 Å². The minimum absolute atomic E-state index is 0.0529. The van der Waals surface area contributed by atoms with Crippen LogP contribution in [0.2, 0.25) is 0 Å². The minimum atomic E-state index is -0.0529. The molecule has 128 valence electrons. The first-order chi connectivity index (χ1) is 11.7. The van der Waals surface area contributed by atoms with Gasteiger partial charge in [0, 0.05) is 24.8 Å².